The maximum Gasteiger partial charge on any atom is 0.338 e. The van der Waals surface area contributed by atoms with E-state index in [9.17, 15) is 23.2 Å². The van der Waals surface area contributed by atoms with Crippen molar-refractivity contribution in [3.05, 3.63) is 71.8 Å². The van der Waals surface area contributed by atoms with Gasteiger partial charge >= 0.3 is 6.03 Å². The summed E-state index contributed by atoms with van der Waals surface area (Å²) in [6.07, 6.45) is -5.15. The molecule has 0 N–H and O–H groups in total. The third-order valence-electron chi connectivity index (χ3n) is 4.31. The first-order chi connectivity index (χ1) is 13.0. The molecule has 0 aliphatic carbocycles. The van der Waals surface area contributed by atoms with Crippen LogP contribution in [0.2, 0.25) is 0 Å². The maximum absolute atomic E-state index is 14.7. The summed E-state index contributed by atoms with van der Waals surface area (Å²) in [4.78, 5) is 37.4. The van der Waals surface area contributed by atoms with Gasteiger partial charge in [-0.25, -0.2) is 23.4 Å². The first kappa shape index (κ1) is 18.7. The van der Waals surface area contributed by atoms with E-state index in [1.54, 1.807) is 60.7 Å². The third kappa shape index (κ3) is 4.19. The van der Waals surface area contributed by atoms with Gasteiger partial charge in [0.2, 0.25) is 11.8 Å². The lowest BCUT2D eigenvalue weighted by atomic mass is 10.1. The molecular formula is C20H18F2N2O3. The number of amides is 4. The molecule has 4 amide bonds. The van der Waals surface area contributed by atoms with E-state index < -0.39 is 36.9 Å². The Hall–Kier alpha value is -3.09. The van der Waals surface area contributed by atoms with E-state index in [-0.39, 0.29) is 12.8 Å². The van der Waals surface area contributed by atoms with Crippen LogP contribution in [-0.2, 0) is 22.4 Å². The molecule has 1 aliphatic heterocycles. The molecule has 7 heteroatoms. The molecule has 2 aromatic carbocycles. The van der Waals surface area contributed by atoms with Crippen molar-refractivity contribution in [3.63, 3.8) is 0 Å². The lowest BCUT2D eigenvalue weighted by Crippen LogP contribution is -2.60. The van der Waals surface area contributed by atoms with Crippen molar-refractivity contribution < 1.29 is 23.2 Å². The molecule has 0 spiro atoms. The third-order valence-corrected chi connectivity index (χ3v) is 4.31. The van der Waals surface area contributed by atoms with E-state index in [4.69, 9.17) is 0 Å². The van der Waals surface area contributed by atoms with Crippen LogP contribution in [0.1, 0.15) is 17.5 Å². The summed E-state index contributed by atoms with van der Waals surface area (Å²) in [5.74, 6) is -1.92. The summed E-state index contributed by atoms with van der Waals surface area (Å²) in [5, 5.41) is 0. The van der Waals surface area contributed by atoms with Crippen molar-refractivity contribution in [1.29, 1.82) is 0 Å². The lowest BCUT2D eigenvalue weighted by molar-refractivity contribution is -0.149. The highest BCUT2D eigenvalue weighted by molar-refractivity contribution is 6.14. The summed E-state index contributed by atoms with van der Waals surface area (Å²) in [6, 6.07) is 15.7. The molecule has 1 saturated heterocycles. The van der Waals surface area contributed by atoms with E-state index in [0.717, 1.165) is 0 Å². The molecule has 0 saturated carbocycles. The number of carbonyl (C=O) groups is 3. The minimum absolute atomic E-state index is 0.226. The second kappa shape index (κ2) is 8.07. The van der Waals surface area contributed by atoms with Gasteiger partial charge in [0.05, 0.1) is 0 Å². The summed E-state index contributed by atoms with van der Waals surface area (Å²) in [7, 11) is 0. The standard InChI is InChI=1S/C20H18F2N2O3/c21-16(11-14-7-3-1-4-8-14)23-18(25)13-19(26)24(20(23)27)17(22)12-15-9-5-2-6-10-15/h1-10,16-17H,11-13H2/t16-,17-/m0/s1. The van der Waals surface area contributed by atoms with Gasteiger partial charge in [0.25, 0.3) is 0 Å². The predicted molar refractivity (Wildman–Crippen MR) is 93.8 cm³/mol. The van der Waals surface area contributed by atoms with E-state index in [1.807, 2.05) is 0 Å². The molecule has 140 valence electrons. The van der Waals surface area contributed by atoms with Gasteiger partial charge in [0.15, 0.2) is 12.6 Å². The van der Waals surface area contributed by atoms with Gasteiger partial charge in [-0.2, -0.15) is 0 Å². The maximum atomic E-state index is 14.7. The smallest absolute Gasteiger partial charge is 0.274 e. The number of hydrogen-bond donors (Lipinski definition) is 0. The Bertz CT molecular complexity index is 762. The Kier molecular flexibility index (Phi) is 5.59. The van der Waals surface area contributed by atoms with Crippen LogP contribution in [0, 0.1) is 0 Å². The van der Waals surface area contributed by atoms with Gasteiger partial charge < -0.3 is 0 Å². The number of barbiturate groups is 1. The van der Waals surface area contributed by atoms with Crippen LogP contribution in [0.25, 0.3) is 0 Å². The predicted octanol–water partition coefficient (Wildman–Crippen LogP) is 3.24. The van der Waals surface area contributed by atoms with Crippen molar-refractivity contribution in [2.45, 2.75) is 31.9 Å². The fourth-order valence-electron chi connectivity index (χ4n) is 2.98. The second-order valence-electron chi connectivity index (χ2n) is 6.24. The van der Waals surface area contributed by atoms with Crippen LogP contribution >= 0.6 is 0 Å². The molecule has 27 heavy (non-hydrogen) atoms. The molecular weight excluding hydrogens is 354 g/mol. The largest absolute Gasteiger partial charge is 0.338 e. The number of halogens is 2. The van der Waals surface area contributed by atoms with Gasteiger partial charge in [-0.05, 0) is 11.1 Å². The molecule has 3 rings (SSSR count). The van der Waals surface area contributed by atoms with Crippen molar-refractivity contribution in [2.24, 2.45) is 0 Å². The van der Waals surface area contributed by atoms with Gasteiger partial charge in [-0.15, -0.1) is 0 Å². The van der Waals surface area contributed by atoms with Crippen molar-refractivity contribution in [1.82, 2.24) is 9.80 Å². The molecule has 0 aromatic heterocycles. The van der Waals surface area contributed by atoms with Crippen LogP contribution in [0.5, 0.6) is 0 Å². The van der Waals surface area contributed by atoms with Gasteiger partial charge in [0.1, 0.15) is 6.42 Å². The summed E-state index contributed by atoms with van der Waals surface area (Å²) < 4.78 is 29.4. The Balaban J connectivity index is 1.76. The monoisotopic (exact) mass is 372 g/mol. The molecule has 0 bridgehead atoms. The Labute approximate surface area is 155 Å². The first-order valence-corrected chi connectivity index (χ1v) is 8.51. The minimum Gasteiger partial charge on any atom is -0.274 e. The van der Waals surface area contributed by atoms with Crippen molar-refractivity contribution in [2.75, 3.05) is 0 Å². The second-order valence-corrected chi connectivity index (χ2v) is 6.24. The van der Waals surface area contributed by atoms with Gasteiger partial charge in [-0.3, -0.25) is 9.59 Å². The number of rotatable bonds is 6. The zero-order valence-electron chi connectivity index (χ0n) is 14.4. The summed E-state index contributed by atoms with van der Waals surface area (Å²) >= 11 is 0. The highest BCUT2D eigenvalue weighted by atomic mass is 19.1. The average molecular weight is 372 g/mol. The molecule has 0 radical (unpaired) electrons. The van der Waals surface area contributed by atoms with Crippen LogP contribution < -0.4 is 0 Å². The number of alkyl halides is 2. The molecule has 1 fully saturated rings. The summed E-state index contributed by atoms with van der Waals surface area (Å²) in [6.45, 7) is 0. The Morgan fingerprint density at radius 1 is 0.704 bits per heavy atom. The normalized spacial score (nSPS) is 17.2. The molecule has 5 nitrogen and oxygen atoms in total. The van der Waals surface area contributed by atoms with Crippen molar-refractivity contribution >= 4 is 17.8 Å². The Morgan fingerprint density at radius 3 is 1.44 bits per heavy atom. The first-order valence-electron chi connectivity index (χ1n) is 8.51. The number of imide groups is 2. The number of nitrogens with zero attached hydrogens (tertiary/aromatic N) is 2. The average Bonchev–Trinajstić information content (AvgIpc) is 2.63. The van der Waals surface area contributed by atoms with E-state index >= 15 is 0 Å². The van der Waals surface area contributed by atoms with E-state index in [0.29, 0.717) is 20.9 Å². The number of carbonyl (C=O) groups excluding carboxylic acids is 3. The van der Waals surface area contributed by atoms with Gasteiger partial charge in [0, 0.05) is 12.8 Å². The zero-order valence-corrected chi connectivity index (χ0v) is 14.4. The fourth-order valence-corrected chi connectivity index (χ4v) is 2.98. The SMILES string of the molecule is O=C1CC(=O)N([C@H](F)Cc2ccccc2)C(=O)N1[C@H](F)Cc1ccccc1. The van der Waals surface area contributed by atoms with E-state index in [1.165, 1.54) is 0 Å². The van der Waals surface area contributed by atoms with E-state index in [2.05, 4.69) is 0 Å². The number of urea groups is 1. The highest BCUT2D eigenvalue weighted by Gasteiger charge is 2.45. The number of benzene rings is 2. The molecule has 2 atom stereocenters. The van der Waals surface area contributed by atoms with Crippen LogP contribution in [0.4, 0.5) is 13.6 Å². The highest BCUT2D eigenvalue weighted by Crippen LogP contribution is 2.23. The van der Waals surface area contributed by atoms with Crippen LogP contribution in [0.15, 0.2) is 60.7 Å². The molecule has 1 heterocycles. The van der Waals surface area contributed by atoms with Gasteiger partial charge in [-0.1, -0.05) is 60.7 Å². The lowest BCUT2D eigenvalue weighted by Gasteiger charge is -2.35. The molecule has 1 aliphatic rings. The zero-order chi connectivity index (χ0) is 19.4. The fraction of sp³-hybridized carbons (Fsp3) is 0.250. The van der Waals surface area contributed by atoms with Crippen LogP contribution in [0.3, 0.4) is 0 Å². The molecule has 0 unspecified atom stereocenters. The van der Waals surface area contributed by atoms with Crippen molar-refractivity contribution in [3.8, 4) is 0 Å². The topological polar surface area (TPSA) is 57.7 Å². The quantitative estimate of drug-likeness (QED) is 0.578. The molecule has 2 aromatic rings. The Morgan fingerprint density at radius 2 is 1.07 bits per heavy atom. The van der Waals surface area contributed by atoms with Crippen LogP contribution in [-0.4, -0.2) is 40.2 Å². The summed E-state index contributed by atoms with van der Waals surface area (Å²) in [5.41, 5.74) is 1.16. The minimum atomic E-state index is -1.98. The number of hydrogen-bond acceptors (Lipinski definition) is 3.